The van der Waals surface area contributed by atoms with Gasteiger partial charge in [-0.25, -0.2) is 0 Å². The third-order valence-electron chi connectivity index (χ3n) is 3.28. The average molecular weight is 243 g/mol. The fraction of sp³-hybridized carbons (Fsp3) is 0.429. The quantitative estimate of drug-likeness (QED) is 0.863. The minimum absolute atomic E-state index is 0.192. The SMILES string of the molecule is Cc1ccc(NC2CCC(=O)N(C)C2)c(C#N)c1. The summed E-state index contributed by atoms with van der Waals surface area (Å²) >= 11 is 0. The van der Waals surface area contributed by atoms with E-state index < -0.39 is 0 Å². The molecule has 1 N–H and O–H groups in total. The van der Waals surface area contributed by atoms with Crippen LogP contribution in [0.3, 0.4) is 0 Å². The molecule has 0 radical (unpaired) electrons. The molecule has 1 atom stereocenters. The number of nitrogens with zero attached hydrogens (tertiary/aromatic N) is 2. The molecule has 0 aliphatic carbocycles. The Bertz CT molecular complexity index is 504. The van der Waals surface area contributed by atoms with Crippen LogP contribution in [0, 0.1) is 18.3 Å². The third kappa shape index (κ3) is 2.62. The van der Waals surface area contributed by atoms with Gasteiger partial charge in [-0.05, 0) is 31.0 Å². The molecule has 4 nitrogen and oxygen atoms in total. The Kier molecular flexibility index (Phi) is 3.52. The molecule has 1 amide bonds. The van der Waals surface area contributed by atoms with Crippen LogP contribution in [-0.2, 0) is 4.79 Å². The van der Waals surface area contributed by atoms with Gasteiger partial charge >= 0.3 is 0 Å². The van der Waals surface area contributed by atoms with Crippen molar-refractivity contribution < 1.29 is 4.79 Å². The molecule has 0 bridgehead atoms. The highest BCUT2D eigenvalue weighted by Gasteiger charge is 2.23. The molecule has 1 aromatic rings. The maximum atomic E-state index is 11.4. The molecule has 1 heterocycles. The normalized spacial score (nSPS) is 19.5. The number of amides is 1. The molecule has 0 saturated carbocycles. The summed E-state index contributed by atoms with van der Waals surface area (Å²) in [7, 11) is 1.82. The monoisotopic (exact) mass is 243 g/mol. The summed E-state index contributed by atoms with van der Waals surface area (Å²) in [6.45, 7) is 2.66. The Balaban J connectivity index is 2.10. The van der Waals surface area contributed by atoms with E-state index in [1.165, 1.54) is 0 Å². The number of aryl methyl sites for hydroxylation is 1. The second kappa shape index (κ2) is 5.09. The van der Waals surface area contributed by atoms with Crippen molar-refractivity contribution in [1.82, 2.24) is 4.90 Å². The maximum Gasteiger partial charge on any atom is 0.222 e. The summed E-state index contributed by atoms with van der Waals surface area (Å²) in [5.41, 5.74) is 2.60. The van der Waals surface area contributed by atoms with Crippen LogP contribution >= 0.6 is 0 Å². The van der Waals surface area contributed by atoms with Gasteiger partial charge in [0.05, 0.1) is 11.3 Å². The van der Waals surface area contributed by atoms with Crippen LogP contribution in [0.4, 0.5) is 5.69 Å². The highest BCUT2D eigenvalue weighted by atomic mass is 16.2. The summed E-state index contributed by atoms with van der Waals surface area (Å²) in [4.78, 5) is 13.1. The van der Waals surface area contributed by atoms with E-state index in [1.807, 2.05) is 32.2 Å². The third-order valence-corrected chi connectivity index (χ3v) is 3.28. The van der Waals surface area contributed by atoms with Crippen LogP contribution in [0.2, 0.25) is 0 Å². The molecule has 1 aliphatic rings. The molecule has 1 saturated heterocycles. The van der Waals surface area contributed by atoms with Gasteiger partial charge in [-0.3, -0.25) is 4.79 Å². The average Bonchev–Trinajstić information content (AvgIpc) is 2.36. The summed E-state index contributed by atoms with van der Waals surface area (Å²) in [5, 5.41) is 12.5. The van der Waals surface area contributed by atoms with Gasteiger partial charge in [0.25, 0.3) is 0 Å². The van der Waals surface area contributed by atoms with E-state index >= 15 is 0 Å². The lowest BCUT2D eigenvalue weighted by atomic mass is 10.0. The van der Waals surface area contributed by atoms with Crippen molar-refractivity contribution in [2.24, 2.45) is 0 Å². The van der Waals surface area contributed by atoms with Gasteiger partial charge in [0.2, 0.25) is 5.91 Å². The molecule has 18 heavy (non-hydrogen) atoms. The number of rotatable bonds is 2. The van der Waals surface area contributed by atoms with E-state index in [0.717, 1.165) is 17.7 Å². The van der Waals surface area contributed by atoms with Crippen LogP contribution < -0.4 is 5.32 Å². The molecule has 0 aromatic heterocycles. The number of hydrogen-bond acceptors (Lipinski definition) is 3. The smallest absolute Gasteiger partial charge is 0.222 e. The number of hydrogen-bond donors (Lipinski definition) is 1. The number of benzene rings is 1. The predicted molar refractivity (Wildman–Crippen MR) is 70.2 cm³/mol. The molecule has 1 fully saturated rings. The molecule has 1 unspecified atom stereocenters. The lowest BCUT2D eigenvalue weighted by Gasteiger charge is -2.31. The van der Waals surface area contributed by atoms with Gasteiger partial charge < -0.3 is 10.2 Å². The van der Waals surface area contributed by atoms with Crippen LogP contribution in [0.25, 0.3) is 0 Å². The second-order valence-electron chi connectivity index (χ2n) is 4.82. The largest absolute Gasteiger partial charge is 0.379 e. The van der Waals surface area contributed by atoms with Crippen LogP contribution in [0.1, 0.15) is 24.0 Å². The van der Waals surface area contributed by atoms with Gasteiger partial charge in [0.15, 0.2) is 0 Å². The highest BCUT2D eigenvalue weighted by molar-refractivity contribution is 5.77. The Hall–Kier alpha value is -2.02. The van der Waals surface area contributed by atoms with Gasteiger partial charge in [-0.2, -0.15) is 5.26 Å². The van der Waals surface area contributed by atoms with E-state index in [-0.39, 0.29) is 11.9 Å². The molecule has 1 aliphatic heterocycles. The van der Waals surface area contributed by atoms with E-state index in [9.17, 15) is 4.79 Å². The molecular formula is C14H17N3O. The fourth-order valence-electron chi connectivity index (χ4n) is 2.23. The standard InChI is InChI=1S/C14H17N3O/c1-10-3-5-13(11(7-10)8-15)16-12-4-6-14(18)17(2)9-12/h3,5,7,12,16H,4,6,9H2,1-2H3. The Labute approximate surface area is 107 Å². The van der Waals surface area contributed by atoms with Gasteiger partial charge in [-0.1, -0.05) is 6.07 Å². The number of nitriles is 1. The van der Waals surface area contributed by atoms with Gasteiger partial charge in [0.1, 0.15) is 6.07 Å². The topological polar surface area (TPSA) is 56.1 Å². The molecular weight excluding hydrogens is 226 g/mol. The Morgan fingerprint density at radius 3 is 2.94 bits per heavy atom. The molecule has 4 heteroatoms. The molecule has 0 spiro atoms. The number of carbonyl (C=O) groups excluding carboxylic acids is 1. The number of nitrogens with one attached hydrogen (secondary N) is 1. The van der Waals surface area contributed by atoms with Crippen molar-refractivity contribution >= 4 is 11.6 Å². The predicted octanol–water partition coefficient (Wildman–Crippen LogP) is 1.90. The zero-order valence-electron chi connectivity index (χ0n) is 10.7. The van der Waals surface area contributed by atoms with Crippen LogP contribution in [0.5, 0.6) is 0 Å². The first-order valence-corrected chi connectivity index (χ1v) is 6.11. The molecule has 2 rings (SSSR count). The van der Waals surface area contributed by atoms with Gasteiger partial charge in [-0.15, -0.1) is 0 Å². The van der Waals surface area contributed by atoms with E-state index in [1.54, 1.807) is 4.90 Å². The summed E-state index contributed by atoms with van der Waals surface area (Å²) in [5.74, 6) is 0.192. The van der Waals surface area contributed by atoms with E-state index in [4.69, 9.17) is 5.26 Å². The van der Waals surface area contributed by atoms with Crippen molar-refractivity contribution in [3.63, 3.8) is 0 Å². The van der Waals surface area contributed by atoms with Crippen LogP contribution in [-0.4, -0.2) is 30.4 Å². The van der Waals surface area contributed by atoms with Crippen molar-refractivity contribution in [3.05, 3.63) is 29.3 Å². The van der Waals surface area contributed by atoms with Crippen molar-refractivity contribution in [1.29, 1.82) is 5.26 Å². The fourth-order valence-corrected chi connectivity index (χ4v) is 2.23. The number of likely N-dealkylation sites (N-methyl/N-ethyl adjacent to an activating group) is 1. The zero-order chi connectivity index (χ0) is 13.1. The summed E-state index contributed by atoms with van der Waals surface area (Å²) in [6.07, 6.45) is 1.39. The Morgan fingerprint density at radius 1 is 1.50 bits per heavy atom. The summed E-state index contributed by atoms with van der Waals surface area (Å²) in [6, 6.07) is 8.22. The first kappa shape index (κ1) is 12.4. The van der Waals surface area contributed by atoms with E-state index in [2.05, 4.69) is 11.4 Å². The maximum absolute atomic E-state index is 11.4. The molecule has 94 valence electrons. The number of carbonyl (C=O) groups is 1. The highest BCUT2D eigenvalue weighted by Crippen LogP contribution is 2.20. The Morgan fingerprint density at radius 2 is 2.28 bits per heavy atom. The van der Waals surface area contributed by atoms with Crippen molar-refractivity contribution in [2.75, 3.05) is 18.9 Å². The van der Waals surface area contributed by atoms with E-state index in [0.29, 0.717) is 18.5 Å². The number of piperidine rings is 1. The zero-order valence-corrected chi connectivity index (χ0v) is 10.7. The summed E-state index contributed by atoms with van der Waals surface area (Å²) < 4.78 is 0. The number of anilines is 1. The minimum atomic E-state index is 0.192. The number of likely N-dealkylation sites (tertiary alicyclic amines) is 1. The first-order chi connectivity index (χ1) is 8.60. The molecule has 1 aromatic carbocycles. The lowest BCUT2D eigenvalue weighted by molar-refractivity contribution is -0.132. The lowest BCUT2D eigenvalue weighted by Crippen LogP contribution is -2.43. The minimum Gasteiger partial charge on any atom is -0.379 e. The van der Waals surface area contributed by atoms with Crippen molar-refractivity contribution in [2.45, 2.75) is 25.8 Å². The van der Waals surface area contributed by atoms with Gasteiger partial charge in [0, 0.05) is 26.1 Å². The first-order valence-electron chi connectivity index (χ1n) is 6.11. The second-order valence-corrected chi connectivity index (χ2v) is 4.82. The van der Waals surface area contributed by atoms with Crippen molar-refractivity contribution in [3.8, 4) is 6.07 Å². The van der Waals surface area contributed by atoms with Crippen LogP contribution in [0.15, 0.2) is 18.2 Å².